The maximum absolute atomic E-state index is 11.7. The Bertz CT molecular complexity index is 408. The van der Waals surface area contributed by atoms with E-state index in [1.54, 1.807) is 12.4 Å². The van der Waals surface area contributed by atoms with E-state index < -0.39 is 0 Å². The summed E-state index contributed by atoms with van der Waals surface area (Å²) in [6.07, 6.45) is 4.53. The van der Waals surface area contributed by atoms with Crippen molar-refractivity contribution in [1.29, 1.82) is 0 Å². The smallest absolute Gasteiger partial charge is 0.221 e. The lowest BCUT2D eigenvalue weighted by atomic mass is 9.87. The van der Waals surface area contributed by atoms with Crippen molar-refractivity contribution in [1.82, 2.24) is 15.3 Å². The molecule has 0 aliphatic heterocycles. The lowest BCUT2D eigenvalue weighted by Crippen LogP contribution is -2.34. The molecule has 1 amide bonds. The van der Waals surface area contributed by atoms with Gasteiger partial charge >= 0.3 is 0 Å². The number of amides is 1. The van der Waals surface area contributed by atoms with E-state index >= 15 is 0 Å². The number of aromatic nitrogens is 2. The molecule has 0 aliphatic carbocycles. The Morgan fingerprint density at radius 3 is 2.58 bits per heavy atom. The van der Waals surface area contributed by atoms with Crippen molar-refractivity contribution in [3.8, 4) is 0 Å². The molecule has 106 valence electrons. The minimum Gasteiger partial charge on any atom is -0.350 e. The molecule has 0 radical (unpaired) electrons. The van der Waals surface area contributed by atoms with Gasteiger partial charge in [0.1, 0.15) is 0 Å². The first-order valence-corrected chi connectivity index (χ1v) is 6.56. The predicted octanol–water partition coefficient (Wildman–Crippen LogP) is 1.55. The Kier molecular flexibility index (Phi) is 5.42. The van der Waals surface area contributed by atoms with E-state index in [0.717, 1.165) is 17.8 Å². The summed E-state index contributed by atoms with van der Waals surface area (Å²) in [4.78, 5) is 20.0. The standard InChI is InChI=1S/C14H24N4O/c1-10-7-17-12(8-16-10)9-18-13(19)5-11(15)6-14(2,3)4/h7-8,11H,5-6,9,15H2,1-4H3,(H,18,19). The van der Waals surface area contributed by atoms with Gasteiger partial charge in [0.2, 0.25) is 5.91 Å². The topological polar surface area (TPSA) is 80.9 Å². The number of aryl methyl sites for hydroxylation is 1. The SMILES string of the molecule is Cc1cnc(CNC(=O)CC(N)CC(C)(C)C)cn1. The second-order valence-electron chi connectivity index (χ2n) is 6.15. The monoisotopic (exact) mass is 264 g/mol. The van der Waals surface area contributed by atoms with Crippen LogP contribution in [0.25, 0.3) is 0 Å². The summed E-state index contributed by atoms with van der Waals surface area (Å²) >= 11 is 0. The summed E-state index contributed by atoms with van der Waals surface area (Å²) in [7, 11) is 0. The van der Waals surface area contributed by atoms with Gasteiger partial charge in [0, 0.05) is 18.7 Å². The largest absolute Gasteiger partial charge is 0.350 e. The maximum Gasteiger partial charge on any atom is 0.221 e. The van der Waals surface area contributed by atoms with Crippen LogP contribution in [0.4, 0.5) is 0 Å². The molecule has 5 heteroatoms. The summed E-state index contributed by atoms with van der Waals surface area (Å²) in [6.45, 7) is 8.63. The number of hydrogen-bond acceptors (Lipinski definition) is 4. The van der Waals surface area contributed by atoms with Crippen molar-refractivity contribution < 1.29 is 4.79 Å². The molecule has 1 aromatic heterocycles. The second-order valence-corrected chi connectivity index (χ2v) is 6.15. The Balaban J connectivity index is 2.33. The van der Waals surface area contributed by atoms with Gasteiger partial charge in [0.05, 0.1) is 24.1 Å². The van der Waals surface area contributed by atoms with Crippen LogP contribution >= 0.6 is 0 Å². The first-order chi connectivity index (χ1) is 8.76. The summed E-state index contributed by atoms with van der Waals surface area (Å²) in [6, 6.07) is -0.107. The fraction of sp³-hybridized carbons (Fsp3) is 0.643. The summed E-state index contributed by atoms with van der Waals surface area (Å²) < 4.78 is 0. The molecule has 1 unspecified atom stereocenters. The van der Waals surface area contributed by atoms with Crippen LogP contribution in [-0.2, 0) is 11.3 Å². The van der Waals surface area contributed by atoms with E-state index in [1.807, 2.05) is 6.92 Å². The van der Waals surface area contributed by atoms with Crippen molar-refractivity contribution >= 4 is 5.91 Å². The molecular weight excluding hydrogens is 240 g/mol. The number of carbonyl (C=O) groups is 1. The Labute approximate surface area is 115 Å². The lowest BCUT2D eigenvalue weighted by molar-refractivity contribution is -0.121. The van der Waals surface area contributed by atoms with Crippen LogP contribution in [0.3, 0.4) is 0 Å². The van der Waals surface area contributed by atoms with Crippen LogP contribution in [-0.4, -0.2) is 21.9 Å². The highest BCUT2D eigenvalue weighted by atomic mass is 16.1. The zero-order valence-electron chi connectivity index (χ0n) is 12.2. The van der Waals surface area contributed by atoms with Gasteiger partial charge in [-0.15, -0.1) is 0 Å². The average Bonchev–Trinajstić information content (AvgIpc) is 2.25. The van der Waals surface area contributed by atoms with Crippen LogP contribution in [0.5, 0.6) is 0 Å². The van der Waals surface area contributed by atoms with Crippen LogP contribution < -0.4 is 11.1 Å². The van der Waals surface area contributed by atoms with Crippen molar-refractivity contribution in [3.63, 3.8) is 0 Å². The van der Waals surface area contributed by atoms with Gasteiger partial charge < -0.3 is 11.1 Å². The quantitative estimate of drug-likeness (QED) is 0.845. The second kappa shape index (κ2) is 6.61. The minimum absolute atomic E-state index is 0.0425. The Morgan fingerprint density at radius 2 is 2.05 bits per heavy atom. The first-order valence-electron chi connectivity index (χ1n) is 6.56. The molecular formula is C14H24N4O. The molecule has 0 spiro atoms. The molecule has 0 aromatic carbocycles. The summed E-state index contributed by atoms with van der Waals surface area (Å²) in [5.41, 5.74) is 7.72. The van der Waals surface area contributed by atoms with Gasteiger partial charge in [-0.05, 0) is 18.8 Å². The first kappa shape index (κ1) is 15.6. The normalized spacial score (nSPS) is 13.1. The van der Waals surface area contributed by atoms with Gasteiger partial charge in [-0.3, -0.25) is 14.8 Å². The van der Waals surface area contributed by atoms with Gasteiger partial charge in [-0.1, -0.05) is 20.8 Å². The maximum atomic E-state index is 11.7. The average molecular weight is 264 g/mol. The Morgan fingerprint density at radius 1 is 1.37 bits per heavy atom. The summed E-state index contributed by atoms with van der Waals surface area (Å²) in [5, 5.41) is 2.81. The van der Waals surface area contributed by atoms with Gasteiger partial charge in [0.15, 0.2) is 0 Å². The molecule has 0 saturated carbocycles. The third-order valence-corrected chi connectivity index (χ3v) is 2.62. The minimum atomic E-state index is -0.107. The van der Waals surface area contributed by atoms with Crippen molar-refractivity contribution in [2.75, 3.05) is 0 Å². The van der Waals surface area contributed by atoms with Crippen molar-refractivity contribution in [3.05, 3.63) is 23.8 Å². The number of carbonyl (C=O) groups excluding carboxylic acids is 1. The molecule has 0 fully saturated rings. The highest BCUT2D eigenvalue weighted by molar-refractivity contribution is 5.76. The highest BCUT2D eigenvalue weighted by Crippen LogP contribution is 2.20. The molecule has 0 bridgehead atoms. The number of nitrogens with two attached hydrogens (primary N) is 1. The van der Waals surface area contributed by atoms with Crippen LogP contribution in [0.1, 0.15) is 45.0 Å². The highest BCUT2D eigenvalue weighted by Gasteiger charge is 2.17. The molecule has 19 heavy (non-hydrogen) atoms. The molecule has 1 atom stereocenters. The van der Waals surface area contributed by atoms with Crippen LogP contribution in [0, 0.1) is 12.3 Å². The van der Waals surface area contributed by atoms with Gasteiger partial charge in [0.25, 0.3) is 0 Å². The van der Waals surface area contributed by atoms with E-state index in [9.17, 15) is 4.79 Å². The van der Waals surface area contributed by atoms with Crippen molar-refractivity contribution in [2.24, 2.45) is 11.1 Å². The van der Waals surface area contributed by atoms with E-state index in [0.29, 0.717) is 13.0 Å². The third-order valence-electron chi connectivity index (χ3n) is 2.62. The lowest BCUT2D eigenvalue weighted by Gasteiger charge is -2.22. The van der Waals surface area contributed by atoms with E-state index in [-0.39, 0.29) is 17.4 Å². The molecule has 5 nitrogen and oxygen atoms in total. The molecule has 1 aromatic rings. The third kappa shape index (κ3) is 6.86. The number of hydrogen-bond donors (Lipinski definition) is 2. The Hall–Kier alpha value is -1.49. The molecule has 0 aliphatic rings. The number of nitrogens with zero attached hydrogens (tertiary/aromatic N) is 2. The van der Waals surface area contributed by atoms with Gasteiger partial charge in [-0.25, -0.2) is 0 Å². The number of nitrogens with one attached hydrogen (secondary N) is 1. The predicted molar refractivity (Wildman–Crippen MR) is 75.3 cm³/mol. The molecule has 3 N–H and O–H groups in total. The van der Waals surface area contributed by atoms with Crippen LogP contribution in [0.15, 0.2) is 12.4 Å². The zero-order valence-corrected chi connectivity index (χ0v) is 12.2. The number of rotatable bonds is 5. The van der Waals surface area contributed by atoms with Crippen molar-refractivity contribution in [2.45, 2.75) is 53.1 Å². The fourth-order valence-electron chi connectivity index (χ4n) is 1.87. The van der Waals surface area contributed by atoms with E-state index in [4.69, 9.17) is 5.73 Å². The van der Waals surface area contributed by atoms with Crippen LogP contribution in [0.2, 0.25) is 0 Å². The molecule has 1 heterocycles. The summed E-state index contributed by atoms with van der Waals surface area (Å²) in [5.74, 6) is -0.0425. The van der Waals surface area contributed by atoms with Gasteiger partial charge in [-0.2, -0.15) is 0 Å². The molecule has 0 saturated heterocycles. The fourth-order valence-corrected chi connectivity index (χ4v) is 1.87. The zero-order chi connectivity index (χ0) is 14.5. The van der Waals surface area contributed by atoms with E-state index in [1.165, 1.54) is 0 Å². The molecule has 1 rings (SSSR count). The van der Waals surface area contributed by atoms with E-state index in [2.05, 4.69) is 36.1 Å².